The lowest BCUT2D eigenvalue weighted by Crippen LogP contribution is -2.30. The number of hydrogen-bond donors (Lipinski definition) is 2. The molecule has 1 aromatic rings. The molecule has 6 heteroatoms. The minimum atomic E-state index is -0.0821. The van der Waals surface area contributed by atoms with Crippen LogP contribution in [0.2, 0.25) is 0 Å². The first-order chi connectivity index (χ1) is 9.11. The monoisotopic (exact) mass is 264 g/mol. The molecule has 0 bridgehead atoms. The molecule has 19 heavy (non-hydrogen) atoms. The highest BCUT2D eigenvalue weighted by molar-refractivity contribution is 5.97. The molecule has 0 unspecified atom stereocenters. The van der Waals surface area contributed by atoms with Crippen molar-refractivity contribution in [3.8, 4) is 5.88 Å². The van der Waals surface area contributed by atoms with Crippen molar-refractivity contribution in [1.29, 1.82) is 0 Å². The number of rotatable bonds is 6. The fourth-order valence-corrected chi connectivity index (χ4v) is 1.79. The molecular formula is C13H20N4O2. The Labute approximate surface area is 113 Å². The molecule has 0 aliphatic heterocycles. The molecule has 0 saturated heterocycles. The van der Waals surface area contributed by atoms with Crippen LogP contribution in [0.4, 0.5) is 11.4 Å². The number of methoxy groups -OCH3 is 1. The second-order valence-electron chi connectivity index (χ2n) is 4.81. The fourth-order valence-electron chi connectivity index (χ4n) is 1.79. The highest BCUT2D eigenvalue weighted by atomic mass is 16.5. The molecule has 0 radical (unpaired) electrons. The van der Waals surface area contributed by atoms with E-state index in [1.54, 1.807) is 13.3 Å². The van der Waals surface area contributed by atoms with Crippen molar-refractivity contribution in [3.05, 3.63) is 12.3 Å². The number of anilines is 2. The molecule has 0 aromatic carbocycles. The third kappa shape index (κ3) is 3.57. The van der Waals surface area contributed by atoms with Gasteiger partial charge in [0.1, 0.15) is 5.69 Å². The summed E-state index contributed by atoms with van der Waals surface area (Å²) in [5, 5.41) is 6.04. The van der Waals surface area contributed by atoms with Crippen LogP contribution in [0.3, 0.4) is 0 Å². The second kappa shape index (κ2) is 5.88. The van der Waals surface area contributed by atoms with Crippen molar-refractivity contribution >= 4 is 17.3 Å². The molecule has 6 nitrogen and oxygen atoms in total. The van der Waals surface area contributed by atoms with Crippen molar-refractivity contribution in [2.75, 3.05) is 38.0 Å². The predicted molar refractivity (Wildman–Crippen MR) is 74.8 cm³/mol. The first kappa shape index (κ1) is 13.6. The van der Waals surface area contributed by atoms with Gasteiger partial charge in [0.15, 0.2) is 0 Å². The number of nitrogens with zero attached hydrogens (tertiary/aromatic N) is 2. The van der Waals surface area contributed by atoms with E-state index in [1.807, 2.05) is 25.1 Å². The molecule has 1 saturated carbocycles. The van der Waals surface area contributed by atoms with E-state index in [0.717, 1.165) is 18.5 Å². The number of amides is 1. The Bertz CT molecular complexity index is 458. The molecule has 1 amide bonds. The number of aromatic nitrogens is 1. The van der Waals surface area contributed by atoms with Crippen molar-refractivity contribution < 1.29 is 9.53 Å². The van der Waals surface area contributed by atoms with Crippen LogP contribution in [-0.2, 0) is 4.79 Å². The van der Waals surface area contributed by atoms with Crippen molar-refractivity contribution in [3.63, 3.8) is 0 Å². The Balaban J connectivity index is 2.09. The molecule has 1 aliphatic rings. The summed E-state index contributed by atoms with van der Waals surface area (Å²) in [5.41, 5.74) is 1.48. The van der Waals surface area contributed by atoms with E-state index in [2.05, 4.69) is 15.6 Å². The minimum absolute atomic E-state index is 0.0821. The number of nitrogens with one attached hydrogen (secondary N) is 2. The molecule has 0 spiro atoms. The van der Waals surface area contributed by atoms with Gasteiger partial charge in [-0.2, -0.15) is 0 Å². The van der Waals surface area contributed by atoms with Crippen LogP contribution in [0.25, 0.3) is 0 Å². The van der Waals surface area contributed by atoms with Gasteiger partial charge in [-0.1, -0.05) is 0 Å². The van der Waals surface area contributed by atoms with E-state index in [-0.39, 0.29) is 5.91 Å². The van der Waals surface area contributed by atoms with Gasteiger partial charge in [-0.25, -0.2) is 4.98 Å². The van der Waals surface area contributed by atoms with E-state index >= 15 is 0 Å². The summed E-state index contributed by atoms with van der Waals surface area (Å²) in [6.07, 6.45) is 3.98. The zero-order chi connectivity index (χ0) is 13.8. The number of ether oxygens (including phenoxy) is 1. The van der Waals surface area contributed by atoms with Crippen LogP contribution in [0.15, 0.2) is 12.3 Å². The first-order valence-electron chi connectivity index (χ1n) is 6.35. The van der Waals surface area contributed by atoms with Crippen LogP contribution in [0.1, 0.15) is 12.8 Å². The zero-order valence-electron chi connectivity index (χ0n) is 11.6. The average molecular weight is 264 g/mol. The normalized spacial score (nSPS) is 14.1. The Kier molecular flexibility index (Phi) is 4.21. The Morgan fingerprint density at radius 3 is 2.84 bits per heavy atom. The van der Waals surface area contributed by atoms with Gasteiger partial charge in [0.2, 0.25) is 11.8 Å². The quantitative estimate of drug-likeness (QED) is 0.797. The lowest BCUT2D eigenvalue weighted by Gasteiger charge is -2.19. The van der Waals surface area contributed by atoms with E-state index in [4.69, 9.17) is 4.74 Å². The van der Waals surface area contributed by atoms with Gasteiger partial charge in [-0.05, 0) is 18.9 Å². The summed E-state index contributed by atoms with van der Waals surface area (Å²) in [6, 6.07) is 2.35. The van der Waals surface area contributed by atoms with Crippen LogP contribution >= 0.6 is 0 Å². The average Bonchev–Trinajstić information content (AvgIpc) is 3.20. The predicted octanol–water partition coefficient (Wildman–Crippen LogP) is 0.847. The number of hydrogen-bond acceptors (Lipinski definition) is 5. The lowest BCUT2D eigenvalue weighted by atomic mass is 10.3. The summed E-state index contributed by atoms with van der Waals surface area (Å²) >= 11 is 0. The molecule has 104 valence electrons. The largest absolute Gasteiger partial charge is 0.479 e. The first-order valence-corrected chi connectivity index (χ1v) is 6.35. The maximum absolute atomic E-state index is 11.9. The molecular weight excluding hydrogens is 244 g/mol. The van der Waals surface area contributed by atoms with E-state index in [1.165, 1.54) is 0 Å². The van der Waals surface area contributed by atoms with Crippen molar-refractivity contribution in [2.24, 2.45) is 0 Å². The SMILES string of the molecule is COc1nccc(N(C)C)c1NC(=O)CNC1CC1. The Hall–Kier alpha value is -1.82. The standard InChI is InChI=1S/C13H20N4O2/c1-17(2)10-6-7-14-13(19-3)12(10)16-11(18)8-15-9-4-5-9/h6-7,9,15H,4-5,8H2,1-3H3,(H,16,18). The van der Waals surface area contributed by atoms with Crippen molar-refractivity contribution in [2.45, 2.75) is 18.9 Å². The minimum Gasteiger partial charge on any atom is -0.479 e. The van der Waals surface area contributed by atoms with Crippen LogP contribution in [0, 0.1) is 0 Å². The smallest absolute Gasteiger partial charge is 0.239 e. The lowest BCUT2D eigenvalue weighted by molar-refractivity contribution is -0.115. The highest BCUT2D eigenvalue weighted by Crippen LogP contribution is 2.31. The third-order valence-electron chi connectivity index (χ3n) is 2.96. The topological polar surface area (TPSA) is 66.5 Å². The fraction of sp³-hybridized carbons (Fsp3) is 0.538. The molecule has 1 fully saturated rings. The van der Waals surface area contributed by atoms with Gasteiger partial charge < -0.3 is 20.3 Å². The maximum Gasteiger partial charge on any atom is 0.239 e. The van der Waals surface area contributed by atoms with Crippen LogP contribution in [0.5, 0.6) is 5.88 Å². The summed E-state index contributed by atoms with van der Waals surface area (Å²) in [5.74, 6) is 0.340. The Morgan fingerprint density at radius 1 is 1.53 bits per heavy atom. The van der Waals surface area contributed by atoms with Crippen LogP contribution < -0.4 is 20.3 Å². The molecule has 0 atom stereocenters. The number of carbonyl (C=O) groups is 1. The second-order valence-corrected chi connectivity index (χ2v) is 4.81. The van der Waals surface area contributed by atoms with Gasteiger partial charge in [0, 0.05) is 26.3 Å². The number of pyridine rings is 1. The molecule has 1 aliphatic carbocycles. The number of carbonyl (C=O) groups excluding carboxylic acids is 1. The molecule has 2 rings (SSSR count). The van der Waals surface area contributed by atoms with Gasteiger partial charge in [0.25, 0.3) is 0 Å². The highest BCUT2D eigenvalue weighted by Gasteiger charge is 2.22. The summed E-state index contributed by atoms with van der Waals surface area (Å²) < 4.78 is 5.20. The van der Waals surface area contributed by atoms with Gasteiger partial charge >= 0.3 is 0 Å². The van der Waals surface area contributed by atoms with Gasteiger partial charge in [-0.15, -0.1) is 0 Å². The maximum atomic E-state index is 11.9. The molecule has 2 N–H and O–H groups in total. The van der Waals surface area contributed by atoms with Gasteiger partial charge in [0.05, 0.1) is 19.3 Å². The molecule has 1 aromatic heterocycles. The van der Waals surface area contributed by atoms with Crippen LogP contribution in [-0.4, -0.2) is 44.7 Å². The third-order valence-corrected chi connectivity index (χ3v) is 2.96. The van der Waals surface area contributed by atoms with E-state index in [0.29, 0.717) is 24.2 Å². The summed E-state index contributed by atoms with van der Waals surface area (Å²) in [4.78, 5) is 17.9. The summed E-state index contributed by atoms with van der Waals surface area (Å²) in [6.45, 7) is 0.315. The van der Waals surface area contributed by atoms with Crippen molar-refractivity contribution in [1.82, 2.24) is 10.3 Å². The Morgan fingerprint density at radius 2 is 2.26 bits per heavy atom. The summed E-state index contributed by atoms with van der Waals surface area (Å²) in [7, 11) is 5.36. The zero-order valence-corrected chi connectivity index (χ0v) is 11.6. The van der Waals surface area contributed by atoms with Gasteiger partial charge in [-0.3, -0.25) is 4.79 Å². The molecule has 1 heterocycles. The van der Waals surface area contributed by atoms with E-state index < -0.39 is 0 Å². The van der Waals surface area contributed by atoms with E-state index in [9.17, 15) is 4.79 Å².